The smallest absolute Gasteiger partial charge is 0.211 e. The van der Waals surface area contributed by atoms with Gasteiger partial charge in [-0.2, -0.15) is 0 Å². The molecule has 0 unspecified atom stereocenters. The largest absolute Gasteiger partial charge is 0.369 e. The van der Waals surface area contributed by atoms with Crippen molar-refractivity contribution < 1.29 is 0 Å². The molecule has 0 fully saturated rings. The van der Waals surface area contributed by atoms with Crippen LogP contribution in [-0.2, 0) is 0 Å². The van der Waals surface area contributed by atoms with Gasteiger partial charge in [0.05, 0.1) is 11.0 Å². The summed E-state index contributed by atoms with van der Waals surface area (Å²) in [5, 5.41) is 3.47. The summed E-state index contributed by atoms with van der Waals surface area (Å²) >= 11 is 1.67. The van der Waals surface area contributed by atoms with Gasteiger partial charge in [0.15, 0.2) is 0 Å². The Hall–Kier alpha value is -2.03. The van der Waals surface area contributed by atoms with Gasteiger partial charge in [-0.05, 0) is 18.5 Å². The van der Waals surface area contributed by atoms with E-state index in [1.165, 1.54) is 15.2 Å². The molecule has 0 aliphatic carbocycles. The fourth-order valence-electron chi connectivity index (χ4n) is 2.14. The van der Waals surface area contributed by atoms with E-state index in [0.29, 0.717) is 0 Å². The third-order valence-electron chi connectivity index (χ3n) is 3.13. The molecular weight excluding hydrogens is 321 g/mol. The highest BCUT2D eigenvalue weighted by atomic mass is 32.1. The Morgan fingerprint density at radius 2 is 1.52 bits per heavy atom. The van der Waals surface area contributed by atoms with E-state index in [1.54, 1.807) is 17.7 Å². The van der Waals surface area contributed by atoms with Gasteiger partial charge in [0.2, 0.25) is 5.13 Å². The number of thiazole rings is 1. The van der Waals surface area contributed by atoms with Gasteiger partial charge in [0.1, 0.15) is 0 Å². The van der Waals surface area contributed by atoms with E-state index >= 15 is 0 Å². The highest BCUT2D eigenvalue weighted by molar-refractivity contribution is 7.84. The molecule has 0 aliphatic rings. The van der Waals surface area contributed by atoms with Crippen LogP contribution in [0.1, 0.15) is 0 Å². The van der Waals surface area contributed by atoms with Crippen molar-refractivity contribution in [1.82, 2.24) is 9.88 Å². The Morgan fingerprint density at radius 3 is 2.04 bits per heavy atom. The first-order valence-electron chi connectivity index (χ1n) is 7.31. The molecule has 23 heavy (non-hydrogen) atoms. The van der Waals surface area contributed by atoms with Crippen LogP contribution in [0.3, 0.4) is 0 Å². The fourth-order valence-corrected chi connectivity index (χ4v) is 5.80. The summed E-state index contributed by atoms with van der Waals surface area (Å²) < 4.78 is 1.27. The number of benzene rings is 2. The second kappa shape index (κ2) is 7.49. The molecule has 2 aromatic carbocycles. The van der Waals surface area contributed by atoms with Crippen LogP contribution in [0.2, 0.25) is 0 Å². The fraction of sp³-hybridized carbons (Fsp3) is 0.111. The molecule has 116 valence electrons. The molecule has 1 heterocycles. The molecule has 0 amide bonds. The van der Waals surface area contributed by atoms with Gasteiger partial charge >= 0.3 is 0 Å². The number of aliphatic imine (C=N–C) groups is 1. The summed E-state index contributed by atoms with van der Waals surface area (Å²) in [6, 6.07) is 21.3. The van der Waals surface area contributed by atoms with E-state index in [1.807, 2.05) is 25.2 Å². The summed E-state index contributed by atoms with van der Waals surface area (Å²) in [6.45, 7) is 0. The topological polar surface area (TPSA) is 28.5 Å². The number of nitrogens with zero attached hydrogens (tertiary/aromatic N) is 3. The molecule has 0 saturated carbocycles. The summed E-state index contributed by atoms with van der Waals surface area (Å²) in [5.74, 6) is 0. The summed E-state index contributed by atoms with van der Waals surface area (Å²) in [5.41, 5.74) is 0. The van der Waals surface area contributed by atoms with Crippen molar-refractivity contribution in [2.45, 2.75) is 0 Å². The van der Waals surface area contributed by atoms with Crippen LogP contribution in [0.5, 0.6) is 0 Å². The van der Waals surface area contributed by atoms with Crippen LogP contribution in [0.4, 0.5) is 5.13 Å². The molecule has 5 heteroatoms. The lowest BCUT2D eigenvalue weighted by Crippen LogP contribution is -2.18. The predicted octanol–water partition coefficient (Wildman–Crippen LogP) is 3.12. The summed E-state index contributed by atoms with van der Waals surface area (Å²) in [4.78, 5) is 10.8. The Balaban J connectivity index is 2.00. The monoisotopic (exact) mass is 339 g/mol. The lowest BCUT2D eigenvalue weighted by Gasteiger charge is -2.16. The first-order chi connectivity index (χ1) is 11.2. The van der Waals surface area contributed by atoms with Gasteiger partial charge in [0.25, 0.3) is 0 Å². The predicted molar refractivity (Wildman–Crippen MR) is 103 cm³/mol. The lowest BCUT2D eigenvalue weighted by molar-refractivity contribution is 0.643. The van der Waals surface area contributed by atoms with E-state index in [2.05, 4.69) is 70.6 Å². The minimum atomic E-state index is -0.583. The van der Waals surface area contributed by atoms with E-state index in [9.17, 15) is 0 Å². The van der Waals surface area contributed by atoms with Crippen LogP contribution in [0, 0.1) is 0 Å². The Labute approximate surface area is 142 Å². The van der Waals surface area contributed by atoms with E-state index in [0.717, 1.165) is 5.13 Å². The highest BCUT2D eigenvalue weighted by Gasteiger charge is 2.18. The lowest BCUT2D eigenvalue weighted by atomic mass is 10.4. The van der Waals surface area contributed by atoms with Crippen LogP contribution in [0.15, 0.2) is 71.9 Å². The van der Waals surface area contributed by atoms with Crippen molar-refractivity contribution in [3.63, 3.8) is 0 Å². The highest BCUT2D eigenvalue weighted by Crippen LogP contribution is 2.36. The molecule has 0 atom stereocenters. The molecule has 0 N–H and O–H groups in total. The first kappa shape index (κ1) is 15.9. The molecule has 0 bridgehead atoms. The Bertz CT molecular complexity index is 730. The molecule has 0 aliphatic heterocycles. The van der Waals surface area contributed by atoms with Gasteiger partial charge in [0, 0.05) is 20.3 Å². The van der Waals surface area contributed by atoms with Crippen molar-refractivity contribution in [2.75, 3.05) is 14.1 Å². The SMILES string of the molecule is CN(C)/C=N/c1ncc(P(c2ccccc2)c2ccccc2)s1. The van der Waals surface area contributed by atoms with Gasteiger partial charge < -0.3 is 4.90 Å². The van der Waals surface area contributed by atoms with Gasteiger partial charge in [-0.3, -0.25) is 0 Å². The second-order valence-electron chi connectivity index (χ2n) is 5.20. The van der Waals surface area contributed by atoms with E-state index in [-0.39, 0.29) is 0 Å². The van der Waals surface area contributed by atoms with E-state index < -0.39 is 7.92 Å². The zero-order valence-corrected chi connectivity index (χ0v) is 14.8. The molecule has 3 rings (SSSR count). The molecule has 0 spiro atoms. The standard InChI is InChI=1S/C18H18N3PS/c1-21(2)14-20-18-19-13-17(23-18)22(15-9-5-3-6-10-15)16-11-7-4-8-12-16/h3-14H,1-2H3/b20-14+. The van der Waals surface area contributed by atoms with Crippen LogP contribution < -0.4 is 15.2 Å². The molecular formula is C18H18N3PS. The van der Waals surface area contributed by atoms with Gasteiger partial charge in [-0.25, -0.2) is 9.98 Å². The summed E-state index contributed by atoms with van der Waals surface area (Å²) in [7, 11) is 3.33. The molecule has 0 saturated heterocycles. The minimum absolute atomic E-state index is 0.583. The minimum Gasteiger partial charge on any atom is -0.369 e. The number of rotatable bonds is 5. The third kappa shape index (κ3) is 4.04. The maximum atomic E-state index is 4.47. The zero-order chi connectivity index (χ0) is 16.1. The Kier molecular flexibility index (Phi) is 5.16. The quantitative estimate of drug-likeness (QED) is 0.406. The molecule has 1 aromatic heterocycles. The van der Waals surface area contributed by atoms with Crippen molar-refractivity contribution in [1.29, 1.82) is 0 Å². The number of aromatic nitrogens is 1. The van der Waals surface area contributed by atoms with E-state index in [4.69, 9.17) is 0 Å². The molecule has 3 aromatic rings. The zero-order valence-electron chi connectivity index (χ0n) is 13.1. The normalized spacial score (nSPS) is 11.3. The average Bonchev–Trinajstić information content (AvgIpc) is 3.04. The molecule has 0 radical (unpaired) electrons. The first-order valence-corrected chi connectivity index (χ1v) is 9.46. The van der Waals surface area contributed by atoms with Crippen LogP contribution >= 0.6 is 19.3 Å². The van der Waals surface area contributed by atoms with Crippen molar-refractivity contribution in [2.24, 2.45) is 4.99 Å². The van der Waals surface area contributed by atoms with Gasteiger partial charge in [-0.1, -0.05) is 72.0 Å². The maximum Gasteiger partial charge on any atom is 0.211 e. The van der Waals surface area contributed by atoms with Crippen molar-refractivity contribution >= 4 is 46.0 Å². The van der Waals surface area contributed by atoms with Crippen LogP contribution in [0.25, 0.3) is 0 Å². The van der Waals surface area contributed by atoms with Crippen molar-refractivity contribution in [3.8, 4) is 0 Å². The second-order valence-corrected chi connectivity index (χ2v) is 8.69. The third-order valence-corrected chi connectivity index (χ3v) is 6.84. The maximum absolute atomic E-state index is 4.47. The molecule has 3 nitrogen and oxygen atoms in total. The number of hydrogen-bond donors (Lipinski definition) is 0. The average molecular weight is 339 g/mol. The van der Waals surface area contributed by atoms with Crippen LogP contribution in [-0.4, -0.2) is 30.3 Å². The van der Waals surface area contributed by atoms with Gasteiger partial charge in [-0.15, -0.1) is 0 Å². The Morgan fingerprint density at radius 1 is 0.957 bits per heavy atom. The summed E-state index contributed by atoms with van der Waals surface area (Å²) in [6.07, 6.45) is 3.76. The number of hydrogen-bond acceptors (Lipinski definition) is 3. The van der Waals surface area contributed by atoms with Crippen molar-refractivity contribution in [3.05, 3.63) is 66.9 Å².